The molecule has 1 aromatic carbocycles. The Morgan fingerprint density at radius 2 is 1.56 bits per heavy atom. The summed E-state index contributed by atoms with van der Waals surface area (Å²) in [7, 11) is 1.60. The highest BCUT2D eigenvalue weighted by Crippen LogP contribution is 2.11. The number of hydrogen-bond donors (Lipinski definition) is 3. The van der Waals surface area contributed by atoms with E-state index in [4.69, 9.17) is 9.47 Å². The zero-order valence-corrected chi connectivity index (χ0v) is 21.0. The molecule has 0 saturated carbocycles. The predicted octanol–water partition coefficient (Wildman–Crippen LogP) is 0.749. The molecular formula is C25H34N4O7. The van der Waals surface area contributed by atoms with Gasteiger partial charge in [-0.05, 0) is 30.5 Å². The first-order valence-corrected chi connectivity index (χ1v) is 11.7. The minimum absolute atomic E-state index is 0.00819. The van der Waals surface area contributed by atoms with Crippen molar-refractivity contribution in [1.29, 1.82) is 0 Å². The van der Waals surface area contributed by atoms with Gasteiger partial charge in [0.1, 0.15) is 12.1 Å². The third-order valence-electron chi connectivity index (χ3n) is 5.38. The van der Waals surface area contributed by atoms with Crippen LogP contribution in [0.1, 0.15) is 32.8 Å². The van der Waals surface area contributed by atoms with Gasteiger partial charge in [-0.25, -0.2) is 0 Å². The smallest absolute Gasteiger partial charge is 0.253 e. The normalized spacial score (nSPS) is 14.6. The van der Waals surface area contributed by atoms with Crippen molar-refractivity contribution in [3.63, 3.8) is 0 Å². The van der Waals surface area contributed by atoms with E-state index in [9.17, 15) is 24.0 Å². The Morgan fingerprint density at radius 3 is 2.14 bits per heavy atom. The van der Waals surface area contributed by atoms with Crippen LogP contribution in [0.5, 0.6) is 0 Å². The van der Waals surface area contributed by atoms with Crippen molar-refractivity contribution in [2.24, 2.45) is 5.92 Å². The van der Waals surface area contributed by atoms with E-state index < -0.39 is 41.6 Å². The van der Waals surface area contributed by atoms with Crippen LogP contribution in [-0.4, -0.2) is 73.4 Å². The van der Waals surface area contributed by atoms with Gasteiger partial charge in [0.25, 0.3) is 11.8 Å². The highest BCUT2D eigenvalue weighted by Gasteiger charge is 2.27. The molecular weight excluding hydrogens is 468 g/mol. The molecule has 1 aromatic rings. The second kappa shape index (κ2) is 14.1. The molecule has 1 aliphatic heterocycles. The summed E-state index contributed by atoms with van der Waals surface area (Å²) < 4.78 is 10.4. The highest BCUT2D eigenvalue weighted by molar-refractivity contribution is 6.12. The number of ether oxygens (including phenoxy) is 2. The Labute approximate surface area is 210 Å². The van der Waals surface area contributed by atoms with Crippen LogP contribution in [0.2, 0.25) is 0 Å². The monoisotopic (exact) mass is 502 g/mol. The maximum absolute atomic E-state index is 12.8. The molecule has 11 heteroatoms. The van der Waals surface area contributed by atoms with E-state index >= 15 is 0 Å². The van der Waals surface area contributed by atoms with Crippen molar-refractivity contribution in [3.8, 4) is 0 Å². The number of nitrogens with one attached hydrogen (secondary N) is 3. The summed E-state index contributed by atoms with van der Waals surface area (Å²) in [6.07, 6.45) is 2.38. The van der Waals surface area contributed by atoms with Gasteiger partial charge in [-0.2, -0.15) is 0 Å². The van der Waals surface area contributed by atoms with E-state index in [1.165, 1.54) is 12.2 Å². The van der Waals surface area contributed by atoms with E-state index in [0.29, 0.717) is 12.3 Å². The summed E-state index contributed by atoms with van der Waals surface area (Å²) in [6, 6.07) is 5.49. The number of methoxy groups -OCH3 is 1. The average molecular weight is 503 g/mol. The second-order valence-electron chi connectivity index (χ2n) is 8.66. The molecule has 5 amide bonds. The van der Waals surface area contributed by atoms with Gasteiger partial charge in [0, 0.05) is 31.4 Å². The topological polar surface area (TPSA) is 143 Å². The standard InChI is InChI=1S/C25H34N4O7/c1-16(2)23(28-20(30)11-13-36-14-12-29-21(31)9-10-22(29)32)25(34)26-17(3)24(33)27-19-7-5-18(6-8-19)15-35-4/h5-10,16-17,23H,11-15H2,1-4H3,(H,26,34)(H,27,33)(H,28,30)/t17-,23-/m0/s1. The average Bonchev–Trinajstić information content (AvgIpc) is 3.15. The SMILES string of the molecule is COCc1ccc(NC(=O)[C@H](C)NC(=O)[C@@H](NC(=O)CCOCCN2C(=O)C=CC2=O)C(C)C)cc1. The van der Waals surface area contributed by atoms with Gasteiger partial charge in [0.2, 0.25) is 17.7 Å². The van der Waals surface area contributed by atoms with Crippen LogP contribution in [0.3, 0.4) is 0 Å². The molecule has 0 fully saturated rings. The van der Waals surface area contributed by atoms with Crippen molar-refractivity contribution in [2.45, 2.75) is 45.9 Å². The van der Waals surface area contributed by atoms with Crippen LogP contribution in [0.15, 0.2) is 36.4 Å². The summed E-state index contributed by atoms with van der Waals surface area (Å²) in [6.45, 7) is 5.85. The summed E-state index contributed by atoms with van der Waals surface area (Å²) in [5.74, 6) is -2.28. The van der Waals surface area contributed by atoms with E-state index in [-0.39, 0.29) is 32.1 Å². The first kappa shape index (κ1) is 28.7. The fourth-order valence-corrected chi connectivity index (χ4v) is 3.33. The van der Waals surface area contributed by atoms with Crippen LogP contribution in [-0.2, 0) is 40.1 Å². The molecule has 2 rings (SSSR count). The maximum Gasteiger partial charge on any atom is 0.253 e. The maximum atomic E-state index is 12.8. The fourth-order valence-electron chi connectivity index (χ4n) is 3.33. The third kappa shape index (κ3) is 8.90. The molecule has 1 aliphatic rings. The van der Waals surface area contributed by atoms with Crippen molar-refractivity contribution >= 4 is 35.2 Å². The lowest BCUT2D eigenvalue weighted by molar-refractivity contribution is -0.138. The molecule has 1 heterocycles. The lowest BCUT2D eigenvalue weighted by Crippen LogP contribution is -2.53. The van der Waals surface area contributed by atoms with Crippen molar-refractivity contribution in [2.75, 3.05) is 32.2 Å². The highest BCUT2D eigenvalue weighted by atomic mass is 16.5. The molecule has 2 atom stereocenters. The largest absolute Gasteiger partial charge is 0.380 e. The molecule has 0 aromatic heterocycles. The Morgan fingerprint density at radius 1 is 0.917 bits per heavy atom. The molecule has 36 heavy (non-hydrogen) atoms. The van der Waals surface area contributed by atoms with Crippen molar-refractivity contribution in [3.05, 3.63) is 42.0 Å². The fraction of sp³-hybridized carbons (Fsp3) is 0.480. The molecule has 0 spiro atoms. The molecule has 0 saturated heterocycles. The van der Waals surface area contributed by atoms with Gasteiger partial charge in [-0.15, -0.1) is 0 Å². The third-order valence-corrected chi connectivity index (χ3v) is 5.38. The van der Waals surface area contributed by atoms with Crippen LogP contribution in [0.4, 0.5) is 5.69 Å². The molecule has 3 N–H and O–H groups in total. The molecule has 196 valence electrons. The second-order valence-corrected chi connectivity index (χ2v) is 8.66. The molecule has 0 aliphatic carbocycles. The summed E-state index contributed by atoms with van der Waals surface area (Å²) in [5.41, 5.74) is 1.55. The number of hydrogen-bond acceptors (Lipinski definition) is 7. The van der Waals surface area contributed by atoms with Gasteiger partial charge in [-0.1, -0.05) is 26.0 Å². The lowest BCUT2D eigenvalue weighted by atomic mass is 10.0. The van der Waals surface area contributed by atoms with Gasteiger partial charge >= 0.3 is 0 Å². The van der Waals surface area contributed by atoms with Crippen LogP contribution >= 0.6 is 0 Å². The van der Waals surface area contributed by atoms with Crippen LogP contribution in [0.25, 0.3) is 0 Å². The summed E-state index contributed by atoms with van der Waals surface area (Å²) >= 11 is 0. The number of carbonyl (C=O) groups excluding carboxylic acids is 5. The minimum atomic E-state index is -0.841. The zero-order chi connectivity index (χ0) is 26.7. The van der Waals surface area contributed by atoms with Gasteiger partial charge in [-0.3, -0.25) is 28.9 Å². The Hall–Kier alpha value is -3.57. The van der Waals surface area contributed by atoms with Gasteiger partial charge < -0.3 is 25.4 Å². The first-order chi connectivity index (χ1) is 17.1. The van der Waals surface area contributed by atoms with Crippen molar-refractivity contribution in [1.82, 2.24) is 15.5 Å². The van der Waals surface area contributed by atoms with Crippen LogP contribution in [0, 0.1) is 5.92 Å². The predicted molar refractivity (Wildman–Crippen MR) is 131 cm³/mol. The summed E-state index contributed by atoms with van der Waals surface area (Å²) in [5, 5.41) is 8.06. The van der Waals surface area contributed by atoms with E-state index in [1.807, 2.05) is 12.1 Å². The molecule has 0 unspecified atom stereocenters. The number of imide groups is 1. The molecule has 11 nitrogen and oxygen atoms in total. The van der Waals surface area contributed by atoms with Gasteiger partial charge in [0.15, 0.2) is 0 Å². The quantitative estimate of drug-likeness (QED) is 0.252. The Bertz CT molecular complexity index is 957. The zero-order valence-electron chi connectivity index (χ0n) is 21.0. The van der Waals surface area contributed by atoms with Crippen molar-refractivity contribution < 1.29 is 33.4 Å². The molecule has 0 radical (unpaired) electrons. The van der Waals surface area contributed by atoms with Crippen LogP contribution < -0.4 is 16.0 Å². The number of amides is 5. The number of carbonyl (C=O) groups is 5. The Kier molecular flexibility index (Phi) is 11.2. The number of anilines is 1. The number of rotatable bonds is 14. The Balaban J connectivity index is 1.75. The number of benzene rings is 1. The van der Waals surface area contributed by atoms with E-state index in [2.05, 4.69) is 16.0 Å². The van der Waals surface area contributed by atoms with Gasteiger partial charge in [0.05, 0.1) is 26.4 Å². The van der Waals surface area contributed by atoms with E-state index in [0.717, 1.165) is 10.5 Å². The number of nitrogens with zero attached hydrogens (tertiary/aromatic N) is 1. The molecule has 0 bridgehead atoms. The first-order valence-electron chi connectivity index (χ1n) is 11.7. The summed E-state index contributed by atoms with van der Waals surface area (Å²) in [4.78, 5) is 61.6. The minimum Gasteiger partial charge on any atom is -0.380 e. The van der Waals surface area contributed by atoms with E-state index in [1.54, 1.807) is 40.0 Å². The lowest BCUT2D eigenvalue weighted by Gasteiger charge is -2.24.